The van der Waals surface area contributed by atoms with Gasteiger partial charge in [0.1, 0.15) is 17.3 Å². The van der Waals surface area contributed by atoms with E-state index in [-0.39, 0.29) is 37.1 Å². The monoisotopic (exact) mass is 590 g/mol. The van der Waals surface area contributed by atoms with E-state index in [4.69, 9.17) is 31.6 Å². The Kier molecular flexibility index (Phi) is 9.45. The average Bonchev–Trinajstić information content (AvgIpc) is 3.82. The number of nitrogens with zero attached hydrogens (tertiary/aromatic N) is 3. The molecule has 0 spiro atoms. The van der Waals surface area contributed by atoms with Gasteiger partial charge in [0.05, 0.1) is 30.1 Å². The molecule has 11 heteroatoms. The molecule has 2 aromatic carbocycles. The SMILES string of the molecule is Cc1cc(OCC2CC2)cc(F)c1CNc1ccccc1C(=N)c1ncc(OCCCO)c(Nc2ccncc2Cl)n1. The number of halogens is 2. The summed E-state index contributed by atoms with van der Waals surface area (Å²) in [5.41, 5.74) is 3.10. The molecule has 4 N–H and O–H groups in total. The van der Waals surface area contributed by atoms with Crippen molar-refractivity contribution >= 4 is 34.5 Å². The number of aliphatic hydroxyl groups is 1. The summed E-state index contributed by atoms with van der Waals surface area (Å²) in [6.07, 6.45) is 7.34. The van der Waals surface area contributed by atoms with Crippen molar-refractivity contribution in [1.82, 2.24) is 15.0 Å². The molecule has 1 saturated carbocycles. The van der Waals surface area contributed by atoms with Gasteiger partial charge in [-0.2, -0.15) is 0 Å². The first kappa shape index (κ1) is 29.2. The van der Waals surface area contributed by atoms with Gasteiger partial charge in [-0.1, -0.05) is 29.8 Å². The molecule has 1 aliphatic carbocycles. The van der Waals surface area contributed by atoms with Crippen LogP contribution in [0.4, 0.5) is 21.6 Å². The van der Waals surface area contributed by atoms with Crippen LogP contribution < -0.4 is 20.1 Å². The summed E-state index contributed by atoms with van der Waals surface area (Å²) in [4.78, 5) is 13.0. The van der Waals surface area contributed by atoms with E-state index in [0.29, 0.717) is 63.8 Å². The van der Waals surface area contributed by atoms with Gasteiger partial charge in [-0.25, -0.2) is 14.4 Å². The van der Waals surface area contributed by atoms with E-state index in [1.165, 1.54) is 31.3 Å². The van der Waals surface area contributed by atoms with Crippen molar-refractivity contribution in [2.75, 3.05) is 30.5 Å². The van der Waals surface area contributed by atoms with Gasteiger partial charge < -0.3 is 25.2 Å². The number of para-hydroxylation sites is 1. The van der Waals surface area contributed by atoms with Crippen LogP contribution in [0.3, 0.4) is 0 Å². The molecule has 0 radical (unpaired) electrons. The molecule has 2 heterocycles. The second-order valence-corrected chi connectivity index (χ2v) is 10.4. The van der Waals surface area contributed by atoms with Crippen molar-refractivity contribution in [3.8, 4) is 11.5 Å². The van der Waals surface area contributed by atoms with Gasteiger partial charge in [0.25, 0.3) is 0 Å². The number of aromatic nitrogens is 3. The van der Waals surface area contributed by atoms with E-state index in [9.17, 15) is 0 Å². The molecule has 0 aliphatic heterocycles. The molecule has 0 saturated heterocycles. The van der Waals surface area contributed by atoms with Crippen LogP contribution in [0.15, 0.2) is 61.1 Å². The van der Waals surface area contributed by atoms with Crippen LogP contribution in [0.1, 0.15) is 41.8 Å². The number of ether oxygens (including phenoxy) is 2. The molecule has 2 aromatic heterocycles. The minimum atomic E-state index is -0.341. The fourth-order valence-corrected chi connectivity index (χ4v) is 4.41. The average molecular weight is 591 g/mol. The van der Waals surface area contributed by atoms with E-state index in [0.717, 1.165) is 5.56 Å². The molecule has 0 bridgehead atoms. The van der Waals surface area contributed by atoms with Crippen molar-refractivity contribution in [2.24, 2.45) is 5.92 Å². The van der Waals surface area contributed by atoms with Gasteiger partial charge in [0.15, 0.2) is 17.4 Å². The Balaban J connectivity index is 1.36. The Morgan fingerprint density at radius 1 is 1.14 bits per heavy atom. The number of aryl methyl sites for hydroxylation is 1. The summed E-state index contributed by atoms with van der Waals surface area (Å²) in [5, 5.41) is 24.9. The number of aliphatic hydroxyl groups excluding tert-OH is 1. The van der Waals surface area contributed by atoms with Crippen LogP contribution in [0.5, 0.6) is 11.5 Å². The normalized spacial score (nSPS) is 12.6. The van der Waals surface area contributed by atoms with Gasteiger partial charge in [-0.3, -0.25) is 10.4 Å². The number of nitrogens with one attached hydrogen (secondary N) is 3. The van der Waals surface area contributed by atoms with Crippen LogP contribution in [-0.2, 0) is 6.54 Å². The second-order valence-electron chi connectivity index (χ2n) is 10.0. The number of hydrogen-bond acceptors (Lipinski definition) is 9. The first-order valence-corrected chi connectivity index (χ1v) is 14.1. The predicted molar refractivity (Wildman–Crippen MR) is 161 cm³/mol. The zero-order chi connectivity index (χ0) is 29.5. The lowest BCUT2D eigenvalue weighted by Gasteiger charge is -2.16. The lowest BCUT2D eigenvalue weighted by molar-refractivity contribution is 0.233. The number of anilines is 3. The van der Waals surface area contributed by atoms with E-state index in [2.05, 4.69) is 25.6 Å². The molecule has 1 aliphatic rings. The number of rotatable bonds is 14. The van der Waals surface area contributed by atoms with Crippen molar-refractivity contribution in [3.05, 3.63) is 94.4 Å². The maximum atomic E-state index is 15.1. The Bertz CT molecular complexity index is 1540. The second kappa shape index (κ2) is 13.6. The van der Waals surface area contributed by atoms with E-state index in [1.54, 1.807) is 18.3 Å². The summed E-state index contributed by atoms with van der Waals surface area (Å²) >= 11 is 6.29. The summed E-state index contributed by atoms with van der Waals surface area (Å²) in [6, 6.07) is 12.2. The van der Waals surface area contributed by atoms with Crippen LogP contribution >= 0.6 is 11.6 Å². The van der Waals surface area contributed by atoms with Crippen molar-refractivity contribution in [2.45, 2.75) is 32.7 Å². The quantitative estimate of drug-likeness (QED) is 0.0996. The van der Waals surface area contributed by atoms with Gasteiger partial charge in [0.2, 0.25) is 0 Å². The Morgan fingerprint density at radius 2 is 1.98 bits per heavy atom. The van der Waals surface area contributed by atoms with Crippen molar-refractivity contribution in [1.29, 1.82) is 5.41 Å². The lowest BCUT2D eigenvalue weighted by Crippen LogP contribution is -2.14. The molecule has 9 nitrogen and oxygen atoms in total. The maximum Gasteiger partial charge on any atom is 0.180 e. The summed E-state index contributed by atoms with van der Waals surface area (Å²) in [5.74, 6) is 1.58. The van der Waals surface area contributed by atoms with Crippen molar-refractivity contribution in [3.63, 3.8) is 0 Å². The molecule has 0 atom stereocenters. The Hall–Kier alpha value is -4.28. The van der Waals surface area contributed by atoms with E-state index in [1.807, 2.05) is 31.2 Å². The minimum Gasteiger partial charge on any atom is -0.493 e. The Morgan fingerprint density at radius 3 is 2.74 bits per heavy atom. The molecule has 42 heavy (non-hydrogen) atoms. The smallest absolute Gasteiger partial charge is 0.180 e. The topological polar surface area (TPSA) is 125 Å². The van der Waals surface area contributed by atoms with Gasteiger partial charge in [-0.05, 0) is 49.4 Å². The third-order valence-electron chi connectivity index (χ3n) is 6.79. The highest BCUT2D eigenvalue weighted by Gasteiger charge is 2.22. The molecule has 4 aromatic rings. The molecule has 218 valence electrons. The highest BCUT2D eigenvalue weighted by molar-refractivity contribution is 6.33. The summed E-state index contributed by atoms with van der Waals surface area (Å²) in [7, 11) is 0. The molecular formula is C31H32ClFN6O3. The molecule has 1 fully saturated rings. The lowest BCUT2D eigenvalue weighted by atomic mass is 10.0. The highest BCUT2D eigenvalue weighted by atomic mass is 35.5. The third-order valence-corrected chi connectivity index (χ3v) is 7.09. The fourth-order valence-electron chi connectivity index (χ4n) is 4.24. The zero-order valence-corrected chi connectivity index (χ0v) is 23.9. The minimum absolute atomic E-state index is 0.0198. The summed E-state index contributed by atoms with van der Waals surface area (Å²) < 4.78 is 26.6. The number of benzene rings is 2. The van der Waals surface area contributed by atoms with Gasteiger partial charge in [-0.15, -0.1) is 0 Å². The zero-order valence-electron chi connectivity index (χ0n) is 23.2. The standard InChI is InChI=1S/C31H32ClFN6O3/c1-19-13-21(42-18-20-7-8-20)14-25(33)23(19)15-36-26-6-3-2-5-22(26)29(34)31-37-17-28(41-12-4-11-40)30(39-31)38-27-9-10-35-16-24(27)32/h2-3,5-6,9-10,13-14,16-17,20,34,36,40H,4,7-8,11-12,15,18H2,1H3,(H,35,37,38,39). The van der Waals surface area contributed by atoms with Gasteiger partial charge >= 0.3 is 0 Å². The highest BCUT2D eigenvalue weighted by Crippen LogP contribution is 2.32. The van der Waals surface area contributed by atoms with E-state index < -0.39 is 0 Å². The molecule has 5 rings (SSSR count). The molecule has 0 amide bonds. The summed E-state index contributed by atoms with van der Waals surface area (Å²) in [6.45, 7) is 2.94. The molecular weight excluding hydrogens is 559 g/mol. The number of pyridine rings is 1. The van der Waals surface area contributed by atoms with Crippen LogP contribution in [0, 0.1) is 24.1 Å². The first-order chi connectivity index (χ1) is 20.4. The predicted octanol–water partition coefficient (Wildman–Crippen LogP) is 6.29. The largest absolute Gasteiger partial charge is 0.493 e. The fraction of sp³-hybridized carbons (Fsp3) is 0.290. The van der Waals surface area contributed by atoms with Crippen LogP contribution in [0.2, 0.25) is 5.02 Å². The third kappa shape index (κ3) is 7.32. The first-order valence-electron chi connectivity index (χ1n) is 13.7. The van der Waals surface area contributed by atoms with Crippen LogP contribution in [-0.4, -0.2) is 45.6 Å². The van der Waals surface area contributed by atoms with Gasteiger partial charge in [0, 0.05) is 54.8 Å². The van der Waals surface area contributed by atoms with E-state index >= 15 is 4.39 Å². The van der Waals surface area contributed by atoms with Crippen molar-refractivity contribution < 1.29 is 19.0 Å². The molecule has 0 unspecified atom stereocenters. The number of hydrogen-bond donors (Lipinski definition) is 4. The Labute approximate surface area is 248 Å². The van der Waals surface area contributed by atoms with Crippen LogP contribution in [0.25, 0.3) is 0 Å². The maximum absolute atomic E-state index is 15.1.